The van der Waals surface area contributed by atoms with Crippen LogP contribution >= 0.6 is 0 Å². The lowest BCUT2D eigenvalue weighted by molar-refractivity contribution is 0.261. The molecule has 2 heterocycles. The maximum absolute atomic E-state index is 11.8. The van der Waals surface area contributed by atoms with Gasteiger partial charge in [-0.1, -0.05) is 0 Å². The molecule has 1 atom stereocenters. The van der Waals surface area contributed by atoms with Crippen molar-refractivity contribution >= 4 is 17.7 Å². The second-order valence-electron chi connectivity index (χ2n) is 4.79. The Bertz CT molecular complexity index is 557. The second-order valence-corrected chi connectivity index (χ2v) is 4.79. The van der Waals surface area contributed by atoms with E-state index in [2.05, 4.69) is 32.9 Å². The lowest BCUT2D eigenvalue weighted by Crippen LogP contribution is -2.23. The lowest BCUT2D eigenvalue weighted by atomic mass is 10.2. The minimum absolute atomic E-state index is 0.311. The number of rotatable bonds is 4. The van der Waals surface area contributed by atoms with Gasteiger partial charge in [-0.2, -0.15) is 10.2 Å². The zero-order valence-electron chi connectivity index (χ0n) is 10.6. The van der Waals surface area contributed by atoms with Gasteiger partial charge in [-0.25, -0.2) is 9.48 Å². The number of anilines is 2. The molecule has 0 bridgehead atoms. The molecule has 7 nitrogen and oxygen atoms in total. The van der Waals surface area contributed by atoms with E-state index in [9.17, 15) is 4.79 Å². The van der Waals surface area contributed by atoms with Crippen molar-refractivity contribution in [2.45, 2.75) is 25.8 Å². The van der Waals surface area contributed by atoms with Gasteiger partial charge in [-0.15, -0.1) is 0 Å². The highest BCUT2D eigenvalue weighted by Gasteiger charge is 2.30. The molecule has 1 aliphatic carbocycles. The first-order valence-electron chi connectivity index (χ1n) is 6.35. The van der Waals surface area contributed by atoms with Crippen LogP contribution in [0.1, 0.15) is 25.8 Å². The number of nitrogens with zero attached hydrogens (tertiary/aromatic N) is 3. The molecule has 3 rings (SSSR count). The van der Waals surface area contributed by atoms with E-state index in [1.165, 1.54) is 12.8 Å². The maximum atomic E-state index is 11.8. The molecule has 7 heteroatoms. The van der Waals surface area contributed by atoms with E-state index < -0.39 is 0 Å². The van der Waals surface area contributed by atoms with Crippen LogP contribution in [-0.2, 0) is 0 Å². The normalized spacial score (nSPS) is 16.1. The number of carbonyl (C=O) groups excluding carboxylic acids is 1. The SMILES string of the molecule is CC(C1CC1)n1nccc1NC(=O)Nc1ccn[nH]1. The summed E-state index contributed by atoms with van der Waals surface area (Å²) in [7, 11) is 0. The highest BCUT2D eigenvalue weighted by atomic mass is 16.2. The summed E-state index contributed by atoms with van der Waals surface area (Å²) in [5, 5.41) is 16.2. The van der Waals surface area contributed by atoms with Crippen molar-refractivity contribution in [2.24, 2.45) is 5.92 Å². The van der Waals surface area contributed by atoms with E-state index >= 15 is 0 Å². The minimum Gasteiger partial charge on any atom is -0.292 e. The van der Waals surface area contributed by atoms with Crippen LogP contribution in [0, 0.1) is 5.92 Å². The minimum atomic E-state index is -0.311. The molecule has 19 heavy (non-hydrogen) atoms. The molecular formula is C12H16N6O. The first-order valence-corrected chi connectivity index (χ1v) is 6.35. The highest BCUT2D eigenvalue weighted by Crippen LogP contribution is 2.40. The monoisotopic (exact) mass is 260 g/mol. The van der Waals surface area contributed by atoms with Crippen LogP contribution in [0.2, 0.25) is 0 Å². The van der Waals surface area contributed by atoms with E-state index in [1.807, 2.05) is 4.68 Å². The Morgan fingerprint density at radius 1 is 1.42 bits per heavy atom. The molecule has 3 N–H and O–H groups in total. The van der Waals surface area contributed by atoms with Gasteiger partial charge in [0.25, 0.3) is 0 Å². The number of carbonyl (C=O) groups is 1. The fourth-order valence-electron chi connectivity index (χ4n) is 2.11. The quantitative estimate of drug-likeness (QED) is 0.787. The van der Waals surface area contributed by atoms with Gasteiger partial charge in [-0.3, -0.25) is 15.7 Å². The molecule has 0 spiro atoms. The molecule has 0 saturated heterocycles. The van der Waals surface area contributed by atoms with Gasteiger partial charge < -0.3 is 0 Å². The average Bonchev–Trinajstić information content (AvgIpc) is 2.93. The standard InChI is InChI=1S/C12H16N6O/c1-8(9-2-3-9)18-11(5-7-14-18)16-12(19)15-10-4-6-13-17-10/h4-9H,2-3H2,1H3,(H3,13,15,16,17,19). The van der Waals surface area contributed by atoms with Crippen LogP contribution in [0.25, 0.3) is 0 Å². The largest absolute Gasteiger partial charge is 0.325 e. The van der Waals surface area contributed by atoms with E-state index in [0.29, 0.717) is 23.6 Å². The van der Waals surface area contributed by atoms with Gasteiger partial charge >= 0.3 is 6.03 Å². The Morgan fingerprint density at radius 3 is 2.95 bits per heavy atom. The second kappa shape index (κ2) is 4.75. The maximum Gasteiger partial charge on any atom is 0.325 e. The fraction of sp³-hybridized carbons (Fsp3) is 0.417. The molecule has 2 aromatic rings. The predicted octanol–water partition coefficient (Wildman–Crippen LogP) is 2.22. The van der Waals surface area contributed by atoms with Crippen molar-refractivity contribution in [3.63, 3.8) is 0 Å². The molecular weight excluding hydrogens is 244 g/mol. The first kappa shape index (κ1) is 11.8. The van der Waals surface area contributed by atoms with Gasteiger partial charge in [0.1, 0.15) is 11.6 Å². The summed E-state index contributed by atoms with van der Waals surface area (Å²) in [5.74, 6) is 1.94. The summed E-state index contributed by atoms with van der Waals surface area (Å²) < 4.78 is 1.87. The third-order valence-corrected chi connectivity index (χ3v) is 3.35. The summed E-state index contributed by atoms with van der Waals surface area (Å²) >= 11 is 0. The lowest BCUT2D eigenvalue weighted by Gasteiger charge is -2.15. The van der Waals surface area contributed by atoms with Crippen molar-refractivity contribution in [2.75, 3.05) is 10.6 Å². The van der Waals surface area contributed by atoms with Crippen molar-refractivity contribution in [1.29, 1.82) is 0 Å². The molecule has 100 valence electrons. The number of aromatic amines is 1. The van der Waals surface area contributed by atoms with Gasteiger partial charge in [-0.05, 0) is 25.7 Å². The Hall–Kier alpha value is -2.31. The summed E-state index contributed by atoms with van der Waals surface area (Å²) in [6.07, 6.45) is 5.75. The summed E-state index contributed by atoms with van der Waals surface area (Å²) in [6, 6.07) is 3.49. The molecule has 1 saturated carbocycles. The molecule has 2 amide bonds. The van der Waals surface area contributed by atoms with Crippen molar-refractivity contribution in [3.8, 4) is 0 Å². The molecule has 0 radical (unpaired) electrons. The molecule has 1 unspecified atom stereocenters. The number of H-pyrrole nitrogens is 1. The van der Waals surface area contributed by atoms with E-state index in [0.717, 1.165) is 0 Å². The topological polar surface area (TPSA) is 87.6 Å². The number of aromatic nitrogens is 4. The van der Waals surface area contributed by atoms with Gasteiger partial charge in [0, 0.05) is 12.1 Å². The third kappa shape index (κ3) is 2.59. The van der Waals surface area contributed by atoms with Crippen molar-refractivity contribution in [3.05, 3.63) is 24.5 Å². The van der Waals surface area contributed by atoms with Crippen molar-refractivity contribution in [1.82, 2.24) is 20.0 Å². The Labute approximate surface area is 110 Å². The summed E-state index contributed by atoms with van der Waals surface area (Å²) in [5.41, 5.74) is 0. The molecule has 2 aromatic heterocycles. The zero-order chi connectivity index (χ0) is 13.2. The van der Waals surface area contributed by atoms with Gasteiger partial charge in [0.05, 0.1) is 18.4 Å². The highest BCUT2D eigenvalue weighted by molar-refractivity contribution is 5.98. The van der Waals surface area contributed by atoms with Crippen LogP contribution in [0.5, 0.6) is 0 Å². The molecule has 0 aliphatic heterocycles. The van der Waals surface area contributed by atoms with Crippen molar-refractivity contribution < 1.29 is 4.79 Å². The van der Waals surface area contributed by atoms with E-state index in [-0.39, 0.29) is 6.03 Å². The van der Waals surface area contributed by atoms with Crippen LogP contribution in [0.4, 0.5) is 16.4 Å². The number of hydrogen-bond acceptors (Lipinski definition) is 3. The molecule has 1 aliphatic rings. The first-order chi connectivity index (χ1) is 9.24. The Kier molecular flexibility index (Phi) is 2.94. The number of urea groups is 1. The number of amides is 2. The zero-order valence-corrected chi connectivity index (χ0v) is 10.6. The fourth-order valence-corrected chi connectivity index (χ4v) is 2.11. The molecule has 1 fully saturated rings. The van der Waals surface area contributed by atoms with E-state index in [4.69, 9.17) is 0 Å². The Morgan fingerprint density at radius 2 is 2.26 bits per heavy atom. The smallest absolute Gasteiger partial charge is 0.292 e. The van der Waals surface area contributed by atoms with Gasteiger partial charge in [0.15, 0.2) is 0 Å². The van der Waals surface area contributed by atoms with Gasteiger partial charge in [0.2, 0.25) is 0 Å². The predicted molar refractivity (Wildman–Crippen MR) is 70.9 cm³/mol. The number of hydrogen-bond donors (Lipinski definition) is 3. The average molecular weight is 260 g/mol. The summed E-state index contributed by atoms with van der Waals surface area (Å²) in [4.78, 5) is 11.8. The van der Waals surface area contributed by atoms with Crippen LogP contribution in [-0.4, -0.2) is 26.0 Å². The molecule has 0 aromatic carbocycles. The van der Waals surface area contributed by atoms with Crippen LogP contribution in [0.15, 0.2) is 24.5 Å². The van der Waals surface area contributed by atoms with Crippen LogP contribution in [0.3, 0.4) is 0 Å². The van der Waals surface area contributed by atoms with Crippen LogP contribution < -0.4 is 10.6 Å². The van der Waals surface area contributed by atoms with E-state index in [1.54, 1.807) is 24.5 Å². The third-order valence-electron chi connectivity index (χ3n) is 3.35. The summed E-state index contributed by atoms with van der Waals surface area (Å²) in [6.45, 7) is 2.13. The number of nitrogens with one attached hydrogen (secondary N) is 3. The Balaban J connectivity index is 1.66.